The normalized spacial score (nSPS) is 17.5. The molecule has 0 heterocycles. The van der Waals surface area contributed by atoms with Crippen molar-refractivity contribution < 1.29 is 9.47 Å². The number of hydrogen-bond acceptors (Lipinski definition) is 4. The summed E-state index contributed by atoms with van der Waals surface area (Å²) in [6.07, 6.45) is 10.1. The number of ether oxygens (including phenoxy) is 2. The molecule has 0 radical (unpaired) electrons. The van der Waals surface area contributed by atoms with Crippen LogP contribution in [0.1, 0.15) is 62.0 Å². The molecule has 0 aromatic heterocycles. The molecule has 4 nitrogen and oxygen atoms in total. The Morgan fingerprint density at radius 3 is 1.69 bits per heavy atom. The molecule has 1 aliphatic carbocycles. The Morgan fingerprint density at radius 1 is 0.719 bits per heavy atom. The molecule has 0 saturated heterocycles. The number of rotatable bonds is 10. The van der Waals surface area contributed by atoms with Crippen LogP contribution in [0.25, 0.3) is 0 Å². The first-order valence-corrected chi connectivity index (χ1v) is 11.3. The van der Waals surface area contributed by atoms with E-state index in [2.05, 4.69) is 19.1 Å². The van der Waals surface area contributed by atoms with Gasteiger partial charge in [0.2, 0.25) is 0 Å². The van der Waals surface area contributed by atoms with Crippen LogP contribution in [0.2, 0.25) is 0 Å². The topological polar surface area (TPSA) is 66.0 Å². The molecule has 2 aromatic carbocycles. The first-order valence-electron chi connectivity index (χ1n) is 11.3. The zero-order valence-electron chi connectivity index (χ0n) is 18.9. The Bertz CT molecular complexity index is 1020. The van der Waals surface area contributed by atoms with Crippen molar-refractivity contribution >= 4 is 0 Å². The summed E-state index contributed by atoms with van der Waals surface area (Å²) < 4.78 is 11.1. The molecule has 2 aromatic rings. The van der Waals surface area contributed by atoms with Gasteiger partial charge in [-0.2, -0.15) is 10.5 Å². The van der Waals surface area contributed by atoms with E-state index in [1.807, 2.05) is 60.7 Å². The van der Waals surface area contributed by atoms with Crippen molar-refractivity contribution in [2.75, 3.05) is 13.7 Å². The highest BCUT2D eigenvalue weighted by Gasteiger charge is 2.28. The summed E-state index contributed by atoms with van der Waals surface area (Å²) in [6.45, 7) is 2.93. The van der Waals surface area contributed by atoms with Crippen LogP contribution < -0.4 is 9.47 Å². The van der Waals surface area contributed by atoms with E-state index in [0.717, 1.165) is 35.7 Å². The molecule has 32 heavy (non-hydrogen) atoms. The second-order valence-electron chi connectivity index (χ2n) is 8.00. The second kappa shape index (κ2) is 11.8. The minimum Gasteiger partial charge on any atom is -0.497 e. The molecule has 164 valence electrons. The van der Waals surface area contributed by atoms with Crippen molar-refractivity contribution in [3.8, 4) is 23.6 Å². The molecule has 0 N–H and O–H groups in total. The van der Waals surface area contributed by atoms with Crippen LogP contribution in [-0.2, 0) is 0 Å². The number of hydrogen-bond donors (Lipinski definition) is 0. The van der Waals surface area contributed by atoms with Crippen molar-refractivity contribution in [3.63, 3.8) is 0 Å². The van der Waals surface area contributed by atoms with E-state index in [-0.39, 0.29) is 11.8 Å². The molecule has 3 rings (SSSR count). The van der Waals surface area contributed by atoms with Gasteiger partial charge in [0.1, 0.15) is 11.5 Å². The first kappa shape index (κ1) is 23.2. The molecule has 0 bridgehead atoms. The van der Waals surface area contributed by atoms with Crippen LogP contribution in [0, 0.1) is 22.7 Å². The van der Waals surface area contributed by atoms with Crippen LogP contribution in [0.3, 0.4) is 0 Å². The molecule has 0 amide bonds. The number of methoxy groups -OCH3 is 1. The molecule has 2 unspecified atom stereocenters. The summed E-state index contributed by atoms with van der Waals surface area (Å²) in [5, 5.41) is 19.8. The van der Waals surface area contributed by atoms with Gasteiger partial charge in [-0.1, -0.05) is 69.0 Å². The summed E-state index contributed by atoms with van der Waals surface area (Å²) in [6, 6.07) is 20.1. The van der Waals surface area contributed by atoms with E-state index in [4.69, 9.17) is 9.47 Å². The zero-order valence-corrected chi connectivity index (χ0v) is 18.9. The minimum atomic E-state index is -0.230. The fourth-order valence-corrected chi connectivity index (χ4v) is 4.04. The summed E-state index contributed by atoms with van der Waals surface area (Å²) in [5.41, 5.74) is 2.94. The Morgan fingerprint density at radius 2 is 1.22 bits per heavy atom. The van der Waals surface area contributed by atoms with Crippen LogP contribution in [0.15, 0.2) is 71.8 Å². The van der Waals surface area contributed by atoms with Crippen LogP contribution >= 0.6 is 0 Å². The number of allylic oxidation sites excluding steroid dienone is 4. The number of nitrogens with zero attached hydrogens (tertiary/aromatic N) is 2. The first-order chi connectivity index (χ1) is 15.7. The molecule has 2 atom stereocenters. The molecular weight excluding hydrogens is 396 g/mol. The molecule has 0 aliphatic heterocycles. The average molecular weight is 427 g/mol. The van der Waals surface area contributed by atoms with Gasteiger partial charge in [0.05, 0.1) is 37.0 Å². The van der Waals surface area contributed by atoms with E-state index < -0.39 is 0 Å². The maximum absolute atomic E-state index is 9.89. The predicted octanol–water partition coefficient (Wildman–Crippen LogP) is 6.83. The highest BCUT2D eigenvalue weighted by Crippen LogP contribution is 2.40. The maximum Gasteiger partial charge on any atom is 0.119 e. The van der Waals surface area contributed by atoms with Gasteiger partial charge in [0.15, 0.2) is 0 Å². The standard InChI is InChI=1S/C28H30N2O2/c1-3-4-5-6-7-18-32-24-14-10-22(11-15-24)26-17-16-25(27(19-29)28(26)20-30)21-8-12-23(31-2)13-9-21/h8-17,25-26H,3-7,18H2,1-2H3. The Kier molecular flexibility index (Phi) is 8.52. The number of unbranched alkanes of at least 4 members (excludes halogenated alkanes) is 4. The van der Waals surface area contributed by atoms with E-state index in [0.29, 0.717) is 11.1 Å². The molecule has 1 aliphatic rings. The Hall–Kier alpha value is -3.50. The SMILES string of the molecule is CCCCCCCOc1ccc(C2C=CC(c3ccc(OC)cc3)C(C#N)=C2C#N)cc1. The Balaban J connectivity index is 1.72. The highest BCUT2D eigenvalue weighted by atomic mass is 16.5. The van der Waals surface area contributed by atoms with Crippen LogP contribution in [0.4, 0.5) is 0 Å². The lowest BCUT2D eigenvalue weighted by molar-refractivity contribution is 0.304. The van der Waals surface area contributed by atoms with Crippen molar-refractivity contribution in [1.82, 2.24) is 0 Å². The zero-order chi connectivity index (χ0) is 22.8. The summed E-state index contributed by atoms with van der Waals surface area (Å²) in [5.74, 6) is 1.14. The third-order valence-corrected chi connectivity index (χ3v) is 5.88. The van der Waals surface area contributed by atoms with Crippen molar-refractivity contribution in [1.29, 1.82) is 10.5 Å². The van der Waals surface area contributed by atoms with E-state index in [9.17, 15) is 10.5 Å². The van der Waals surface area contributed by atoms with Gasteiger partial charge in [0, 0.05) is 11.8 Å². The minimum absolute atomic E-state index is 0.229. The lowest BCUT2D eigenvalue weighted by Crippen LogP contribution is -2.12. The number of benzene rings is 2. The molecule has 0 saturated carbocycles. The molecular formula is C28H30N2O2. The van der Waals surface area contributed by atoms with Gasteiger partial charge in [-0.25, -0.2) is 0 Å². The monoisotopic (exact) mass is 426 g/mol. The third-order valence-electron chi connectivity index (χ3n) is 5.88. The largest absolute Gasteiger partial charge is 0.497 e. The second-order valence-corrected chi connectivity index (χ2v) is 8.00. The van der Waals surface area contributed by atoms with Gasteiger partial charge in [-0.05, 0) is 41.8 Å². The molecule has 0 spiro atoms. The Labute approximate surface area is 191 Å². The summed E-state index contributed by atoms with van der Waals surface area (Å²) >= 11 is 0. The van der Waals surface area contributed by atoms with Crippen molar-refractivity contribution in [2.45, 2.75) is 50.9 Å². The van der Waals surface area contributed by atoms with Crippen molar-refractivity contribution in [3.05, 3.63) is 83.0 Å². The molecule has 4 heteroatoms. The van der Waals surface area contributed by atoms with Gasteiger partial charge in [-0.15, -0.1) is 0 Å². The molecule has 0 fully saturated rings. The van der Waals surface area contributed by atoms with Gasteiger partial charge in [0.25, 0.3) is 0 Å². The summed E-state index contributed by atoms with van der Waals surface area (Å²) in [7, 11) is 1.62. The third kappa shape index (κ3) is 5.59. The highest BCUT2D eigenvalue weighted by molar-refractivity contribution is 5.57. The fraction of sp³-hybridized carbons (Fsp3) is 0.357. The van der Waals surface area contributed by atoms with E-state index in [1.165, 1.54) is 25.7 Å². The maximum atomic E-state index is 9.89. The van der Waals surface area contributed by atoms with Gasteiger partial charge in [-0.3, -0.25) is 0 Å². The smallest absolute Gasteiger partial charge is 0.119 e. The lowest BCUT2D eigenvalue weighted by Gasteiger charge is -2.24. The number of nitriles is 2. The fourth-order valence-electron chi connectivity index (χ4n) is 4.04. The average Bonchev–Trinajstić information content (AvgIpc) is 2.85. The van der Waals surface area contributed by atoms with Crippen molar-refractivity contribution in [2.24, 2.45) is 0 Å². The van der Waals surface area contributed by atoms with Gasteiger partial charge < -0.3 is 9.47 Å². The van der Waals surface area contributed by atoms with E-state index >= 15 is 0 Å². The predicted molar refractivity (Wildman–Crippen MR) is 127 cm³/mol. The quantitative estimate of drug-likeness (QED) is 0.309. The van der Waals surface area contributed by atoms with Gasteiger partial charge >= 0.3 is 0 Å². The lowest BCUT2D eigenvalue weighted by atomic mass is 9.77. The van der Waals surface area contributed by atoms with Crippen LogP contribution in [0.5, 0.6) is 11.5 Å². The van der Waals surface area contributed by atoms with E-state index in [1.54, 1.807) is 7.11 Å². The van der Waals surface area contributed by atoms with Crippen LogP contribution in [-0.4, -0.2) is 13.7 Å². The summed E-state index contributed by atoms with van der Waals surface area (Å²) in [4.78, 5) is 0.